The maximum atomic E-state index is 14.1. The predicted molar refractivity (Wildman–Crippen MR) is 163 cm³/mol. The van der Waals surface area contributed by atoms with Gasteiger partial charge in [-0.15, -0.1) is 0 Å². The van der Waals surface area contributed by atoms with E-state index in [1.807, 2.05) is 58.0 Å². The van der Waals surface area contributed by atoms with Crippen molar-refractivity contribution < 1.29 is 22.7 Å². The third kappa shape index (κ3) is 8.10. The molecule has 0 aliphatic rings. The van der Waals surface area contributed by atoms with Crippen LogP contribution < -0.4 is 14.4 Å². The molecule has 0 aromatic heterocycles. The summed E-state index contributed by atoms with van der Waals surface area (Å²) in [5, 5.41) is 2.99. The number of ether oxygens (including phenoxy) is 1. The van der Waals surface area contributed by atoms with Gasteiger partial charge < -0.3 is 15.0 Å². The van der Waals surface area contributed by atoms with Gasteiger partial charge in [-0.2, -0.15) is 0 Å². The van der Waals surface area contributed by atoms with E-state index in [1.54, 1.807) is 36.4 Å². The van der Waals surface area contributed by atoms with Crippen molar-refractivity contribution in [3.63, 3.8) is 0 Å². The molecule has 0 heterocycles. The summed E-state index contributed by atoms with van der Waals surface area (Å²) in [5.74, 6) is -0.421. The molecule has 8 nitrogen and oxygen atoms in total. The number of carbonyl (C=O) groups excluding carboxylic acids is 2. The number of aryl methyl sites for hydroxylation is 1. The van der Waals surface area contributed by atoms with E-state index in [-0.39, 0.29) is 29.1 Å². The number of hydrogen-bond donors (Lipinski definition) is 1. The molecule has 0 radical (unpaired) electrons. The van der Waals surface area contributed by atoms with Gasteiger partial charge in [0.05, 0.1) is 17.7 Å². The minimum Gasteiger partial charge on any atom is -0.495 e. The number of sulfonamides is 1. The maximum absolute atomic E-state index is 14.1. The fourth-order valence-electron chi connectivity index (χ4n) is 4.52. The van der Waals surface area contributed by atoms with Crippen molar-refractivity contribution in [3.05, 3.63) is 90.0 Å². The van der Waals surface area contributed by atoms with Crippen molar-refractivity contribution in [1.82, 2.24) is 10.2 Å². The Balaban J connectivity index is 2.04. The number of nitrogens with zero attached hydrogens (tertiary/aromatic N) is 2. The van der Waals surface area contributed by atoms with Crippen molar-refractivity contribution in [1.29, 1.82) is 0 Å². The number of methoxy groups -OCH3 is 1. The van der Waals surface area contributed by atoms with Crippen LogP contribution in [0, 0.1) is 6.92 Å². The summed E-state index contributed by atoms with van der Waals surface area (Å²) >= 11 is 0. The van der Waals surface area contributed by atoms with Crippen LogP contribution in [0.15, 0.2) is 83.8 Å². The molecule has 0 aliphatic heterocycles. The fraction of sp³-hybridized carbons (Fsp3) is 0.375. The highest BCUT2D eigenvalue weighted by Gasteiger charge is 2.34. The second-order valence-corrected chi connectivity index (χ2v) is 11.9. The summed E-state index contributed by atoms with van der Waals surface area (Å²) in [6, 6.07) is 22.0. The van der Waals surface area contributed by atoms with E-state index in [4.69, 9.17) is 4.74 Å². The molecule has 3 rings (SSSR count). The zero-order valence-corrected chi connectivity index (χ0v) is 25.4. The molecule has 9 heteroatoms. The Morgan fingerprint density at radius 2 is 1.54 bits per heavy atom. The number of amides is 2. The van der Waals surface area contributed by atoms with Gasteiger partial charge in [0.1, 0.15) is 18.3 Å². The minimum atomic E-state index is -4.17. The highest BCUT2D eigenvalue weighted by Crippen LogP contribution is 2.32. The average molecular weight is 580 g/mol. The third-order valence-electron chi connectivity index (χ3n) is 7.11. The van der Waals surface area contributed by atoms with Gasteiger partial charge in [-0.25, -0.2) is 8.42 Å². The quantitative estimate of drug-likeness (QED) is 0.291. The number of hydrogen-bond acceptors (Lipinski definition) is 5. The van der Waals surface area contributed by atoms with Gasteiger partial charge in [0.2, 0.25) is 11.8 Å². The first-order valence-electron chi connectivity index (χ1n) is 14.0. The topological polar surface area (TPSA) is 96.0 Å². The lowest BCUT2D eigenvalue weighted by Gasteiger charge is -2.34. The van der Waals surface area contributed by atoms with Crippen molar-refractivity contribution in [3.8, 4) is 5.75 Å². The van der Waals surface area contributed by atoms with E-state index >= 15 is 0 Å². The summed E-state index contributed by atoms with van der Waals surface area (Å²) in [5.41, 5.74) is 2.16. The van der Waals surface area contributed by atoms with E-state index in [1.165, 1.54) is 24.1 Å². The molecule has 0 fully saturated rings. The number of nitrogens with one attached hydrogen (secondary N) is 1. The van der Waals surface area contributed by atoms with Crippen LogP contribution in [-0.2, 0) is 26.0 Å². The monoisotopic (exact) mass is 579 g/mol. The van der Waals surface area contributed by atoms with E-state index in [9.17, 15) is 18.0 Å². The molecule has 2 atom stereocenters. The van der Waals surface area contributed by atoms with E-state index in [0.717, 1.165) is 21.9 Å². The summed E-state index contributed by atoms with van der Waals surface area (Å²) in [6.45, 7) is 7.37. The van der Waals surface area contributed by atoms with Crippen LogP contribution in [0.3, 0.4) is 0 Å². The first kappa shape index (κ1) is 31.7. The van der Waals surface area contributed by atoms with Crippen molar-refractivity contribution >= 4 is 27.5 Å². The summed E-state index contributed by atoms with van der Waals surface area (Å²) in [4.78, 5) is 29.1. The first-order valence-corrected chi connectivity index (χ1v) is 15.4. The standard InChI is InChI=1S/C32H41N3O5S/c1-6-25(4)33-32(37)28(7-2)34(22-21-26-13-9-8-10-14-26)31(36)23-35(29-15-11-12-16-30(29)40-5)41(38,39)27-19-17-24(3)18-20-27/h8-20,25,28H,6-7,21-23H2,1-5H3,(H,33,37)/t25-,28+/m0/s1. The van der Waals surface area contributed by atoms with E-state index in [0.29, 0.717) is 18.6 Å². The van der Waals surface area contributed by atoms with Crippen LogP contribution >= 0.6 is 0 Å². The maximum Gasteiger partial charge on any atom is 0.264 e. The van der Waals surface area contributed by atoms with Gasteiger partial charge in [-0.1, -0.05) is 74.0 Å². The van der Waals surface area contributed by atoms with Crippen LogP contribution in [0.2, 0.25) is 0 Å². The highest BCUT2D eigenvalue weighted by molar-refractivity contribution is 7.92. The third-order valence-corrected chi connectivity index (χ3v) is 8.89. The SMILES string of the molecule is CC[C@H](C(=O)N[C@@H](C)CC)N(CCc1ccccc1)C(=O)CN(c1ccccc1OC)S(=O)(=O)c1ccc(C)cc1. The van der Waals surface area contributed by atoms with Gasteiger partial charge >= 0.3 is 0 Å². The summed E-state index contributed by atoms with van der Waals surface area (Å²) < 4.78 is 34.6. The smallest absolute Gasteiger partial charge is 0.264 e. The largest absolute Gasteiger partial charge is 0.495 e. The lowest BCUT2D eigenvalue weighted by Crippen LogP contribution is -2.54. The van der Waals surface area contributed by atoms with Crippen molar-refractivity contribution in [2.75, 3.05) is 24.5 Å². The Bertz CT molecular complexity index is 1390. The molecule has 0 aliphatic carbocycles. The van der Waals surface area contributed by atoms with Gasteiger partial charge in [0, 0.05) is 12.6 Å². The number of benzene rings is 3. The molecule has 0 saturated carbocycles. The molecule has 0 saturated heterocycles. The fourth-order valence-corrected chi connectivity index (χ4v) is 5.95. The molecule has 3 aromatic carbocycles. The Morgan fingerprint density at radius 1 is 0.902 bits per heavy atom. The zero-order chi connectivity index (χ0) is 30.0. The molecular formula is C32H41N3O5S. The van der Waals surface area contributed by atoms with Gasteiger partial charge in [-0.3, -0.25) is 13.9 Å². The van der Waals surface area contributed by atoms with Crippen LogP contribution in [0.4, 0.5) is 5.69 Å². The summed E-state index contributed by atoms with van der Waals surface area (Å²) in [6.07, 6.45) is 1.64. The average Bonchev–Trinajstić information content (AvgIpc) is 2.98. The highest BCUT2D eigenvalue weighted by atomic mass is 32.2. The molecule has 0 spiro atoms. The van der Waals surface area contributed by atoms with E-state index in [2.05, 4.69) is 5.32 Å². The number of rotatable bonds is 14. The van der Waals surface area contributed by atoms with Crippen LogP contribution in [0.1, 0.15) is 44.7 Å². The van der Waals surface area contributed by atoms with Crippen LogP contribution in [-0.4, -0.2) is 57.4 Å². The molecule has 220 valence electrons. The number of anilines is 1. The molecule has 2 amide bonds. The van der Waals surface area contributed by atoms with Crippen LogP contribution in [0.5, 0.6) is 5.75 Å². The molecule has 0 bridgehead atoms. The van der Waals surface area contributed by atoms with Gasteiger partial charge in [0.25, 0.3) is 10.0 Å². The number of carbonyl (C=O) groups is 2. The lowest BCUT2D eigenvalue weighted by atomic mass is 10.1. The molecular weight excluding hydrogens is 538 g/mol. The van der Waals surface area contributed by atoms with E-state index < -0.39 is 28.5 Å². The second-order valence-electron chi connectivity index (χ2n) is 10.1. The Kier molecular flexibility index (Phi) is 11.3. The Hall–Kier alpha value is -3.85. The second kappa shape index (κ2) is 14.7. The van der Waals surface area contributed by atoms with Crippen molar-refractivity contribution in [2.45, 2.75) is 63.9 Å². The Labute approximate surface area is 244 Å². The lowest BCUT2D eigenvalue weighted by molar-refractivity contribution is -0.139. The predicted octanol–water partition coefficient (Wildman–Crippen LogP) is 4.96. The van der Waals surface area contributed by atoms with Gasteiger partial charge in [0.15, 0.2) is 0 Å². The van der Waals surface area contributed by atoms with Crippen molar-refractivity contribution in [2.24, 2.45) is 0 Å². The van der Waals surface area contributed by atoms with Gasteiger partial charge in [-0.05, 0) is 62.9 Å². The Morgan fingerprint density at radius 3 is 2.15 bits per heavy atom. The normalized spacial score (nSPS) is 12.7. The minimum absolute atomic E-state index is 0.0548. The first-order chi connectivity index (χ1) is 19.6. The van der Waals surface area contributed by atoms with Crippen LogP contribution in [0.25, 0.3) is 0 Å². The molecule has 0 unspecified atom stereocenters. The molecule has 1 N–H and O–H groups in total. The molecule has 3 aromatic rings. The zero-order valence-electron chi connectivity index (χ0n) is 24.5. The number of para-hydroxylation sites is 2. The molecule has 41 heavy (non-hydrogen) atoms. The summed E-state index contributed by atoms with van der Waals surface area (Å²) in [7, 11) is -2.72.